The molecule has 1 aliphatic rings. The van der Waals surface area contributed by atoms with E-state index in [1.807, 2.05) is 103 Å². The molecule has 0 bridgehead atoms. The molecule has 4 nitrogen and oxygen atoms in total. The number of para-hydroxylation sites is 2. The fraction of sp³-hybridized carbons (Fsp3) is 0.0455. The van der Waals surface area contributed by atoms with Crippen LogP contribution in [0.5, 0.6) is 0 Å². The first-order valence-corrected chi connectivity index (χ1v) is 16.3. The molecule has 0 N–H and O–H groups in total. The van der Waals surface area contributed by atoms with Gasteiger partial charge in [0.15, 0.2) is 0 Å². The van der Waals surface area contributed by atoms with Crippen LogP contribution in [0.4, 0.5) is 0 Å². The number of hydrogen-bond donors (Lipinski definition) is 0. The first-order chi connectivity index (χ1) is 23.6. The zero-order valence-electron chi connectivity index (χ0n) is 26.3. The molecule has 1 heterocycles. The van der Waals surface area contributed by atoms with Gasteiger partial charge in [-0.25, -0.2) is 0 Å². The summed E-state index contributed by atoms with van der Waals surface area (Å²) in [5, 5.41) is 0. The van der Waals surface area contributed by atoms with Crippen molar-refractivity contribution in [1.82, 2.24) is 9.13 Å². The minimum absolute atomic E-state index is 0.607. The van der Waals surface area contributed by atoms with Crippen LogP contribution >= 0.6 is 0 Å². The van der Waals surface area contributed by atoms with Gasteiger partial charge in [0.1, 0.15) is 0 Å². The highest BCUT2D eigenvalue weighted by atomic mass is 16.2. The Balaban J connectivity index is 1.39. The van der Waals surface area contributed by atoms with E-state index in [0.717, 1.165) is 57.4 Å². The van der Waals surface area contributed by atoms with Crippen molar-refractivity contribution in [2.45, 2.75) is 12.8 Å². The molecule has 0 spiro atoms. The Morgan fingerprint density at radius 2 is 0.792 bits per heavy atom. The molecule has 7 aromatic rings. The van der Waals surface area contributed by atoms with Crippen LogP contribution in [0.1, 0.15) is 18.4 Å². The first kappa shape index (κ1) is 29.2. The van der Waals surface area contributed by atoms with Gasteiger partial charge in [0.05, 0.1) is 22.4 Å². The lowest BCUT2D eigenvalue weighted by Gasteiger charge is -2.19. The summed E-state index contributed by atoms with van der Waals surface area (Å²) in [4.78, 5) is 28.8. The van der Waals surface area contributed by atoms with E-state index < -0.39 is 11.1 Å². The van der Waals surface area contributed by atoms with Gasteiger partial charge in [-0.3, -0.25) is 18.7 Å². The van der Waals surface area contributed by atoms with Crippen molar-refractivity contribution in [3.8, 4) is 44.8 Å². The van der Waals surface area contributed by atoms with Crippen LogP contribution in [0.2, 0.25) is 0 Å². The van der Waals surface area contributed by atoms with Crippen molar-refractivity contribution in [3.05, 3.63) is 196 Å². The van der Waals surface area contributed by atoms with E-state index in [2.05, 4.69) is 66.8 Å². The predicted molar refractivity (Wildman–Crippen MR) is 198 cm³/mol. The maximum Gasteiger partial charge on any atom is 0.321 e. The topological polar surface area (TPSA) is 44.0 Å². The van der Waals surface area contributed by atoms with Crippen molar-refractivity contribution >= 4 is 16.6 Å². The van der Waals surface area contributed by atoms with Gasteiger partial charge in [-0.2, -0.15) is 0 Å². The second-order valence-electron chi connectivity index (χ2n) is 12.0. The molecule has 0 radical (unpaired) electrons. The van der Waals surface area contributed by atoms with Crippen LogP contribution in [0.25, 0.3) is 61.4 Å². The molecule has 6 aromatic carbocycles. The fourth-order valence-corrected chi connectivity index (χ4v) is 6.63. The highest BCUT2D eigenvalue weighted by molar-refractivity contribution is 5.84. The summed E-state index contributed by atoms with van der Waals surface area (Å²) in [6.07, 6.45) is 8.52. The van der Waals surface area contributed by atoms with Crippen molar-refractivity contribution < 1.29 is 0 Å². The third-order valence-electron chi connectivity index (χ3n) is 8.95. The standard InChI is InChI=1S/C44H32N2O2/c47-43-44(48)46(40-29-37(33-19-9-3-10-20-33)26-38(30-40)34-21-11-4-12-22-34)42-24-14-13-23-41(42)45(43)39-27-35(31-15-5-1-6-16-31)25-36(28-39)32-17-7-2-8-18-32/h1-3,5-11,13-30H,4,12H2. The highest BCUT2D eigenvalue weighted by Gasteiger charge is 2.19. The van der Waals surface area contributed by atoms with Gasteiger partial charge >= 0.3 is 11.1 Å². The van der Waals surface area contributed by atoms with Gasteiger partial charge in [0.25, 0.3) is 0 Å². The molecule has 1 aliphatic carbocycles. The maximum atomic E-state index is 14.4. The average molecular weight is 621 g/mol. The van der Waals surface area contributed by atoms with Gasteiger partial charge in [-0.1, -0.05) is 121 Å². The summed E-state index contributed by atoms with van der Waals surface area (Å²) in [6.45, 7) is 0. The summed E-state index contributed by atoms with van der Waals surface area (Å²) >= 11 is 0. The van der Waals surface area contributed by atoms with Crippen LogP contribution in [-0.2, 0) is 0 Å². The molecule has 8 rings (SSSR count). The number of hydrogen-bond acceptors (Lipinski definition) is 2. The third kappa shape index (κ3) is 5.44. The summed E-state index contributed by atoms with van der Waals surface area (Å²) in [5.74, 6) is 0. The van der Waals surface area contributed by atoms with Crippen molar-refractivity contribution in [1.29, 1.82) is 0 Å². The quantitative estimate of drug-likeness (QED) is 0.174. The van der Waals surface area contributed by atoms with Crippen LogP contribution in [-0.4, -0.2) is 9.13 Å². The Morgan fingerprint density at radius 3 is 1.21 bits per heavy atom. The molecule has 48 heavy (non-hydrogen) atoms. The van der Waals surface area contributed by atoms with Crippen LogP contribution in [0, 0.1) is 0 Å². The lowest BCUT2D eigenvalue weighted by atomic mass is 9.95. The molecular weight excluding hydrogens is 588 g/mol. The lowest BCUT2D eigenvalue weighted by molar-refractivity contribution is 0.918. The first-order valence-electron chi connectivity index (χ1n) is 16.3. The van der Waals surface area contributed by atoms with E-state index >= 15 is 0 Å². The molecule has 0 atom stereocenters. The highest BCUT2D eigenvalue weighted by Crippen LogP contribution is 2.33. The second kappa shape index (κ2) is 12.5. The third-order valence-corrected chi connectivity index (χ3v) is 8.95. The molecule has 0 aliphatic heterocycles. The van der Waals surface area contributed by atoms with E-state index in [4.69, 9.17) is 0 Å². The Bertz CT molecular complexity index is 2410. The Morgan fingerprint density at radius 1 is 0.396 bits per heavy atom. The SMILES string of the molecule is O=c1c(=O)n(-c2cc(-c3ccccc3)cc(-c3ccccc3)c2)c2ccccc2n1-c1cc(C2=CCCC=C2)cc(-c2ccccc2)c1. The molecule has 4 heteroatoms. The van der Waals surface area contributed by atoms with E-state index in [1.165, 1.54) is 0 Å². The second-order valence-corrected chi connectivity index (χ2v) is 12.0. The Kier molecular flexibility index (Phi) is 7.60. The van der Waals surface area contributed by atoms with Crippen LogP contribution in [0.15, 0.2) is 179 Å². The molecule has 0 fully saturated rings. The van der Waals surface area contributed by atoms with Gasteiger partial charge in [0.2, 0.25) is 0 Å². The number of aromatic nitrogens is 2. The smallest absolute Gasteiger partial charge is 0.271 e. The van der Waals surface area contributed by atoms with E-state index in [0.29, 0.717) is 22.4 Å². The minimum atomic E-state index is -0.610. The van der Waals surface area contributed by atoms with Gasteiger partial charge in [-0.05, 0) is 106 Å². The summed E-state index contributed by atoms with van der Waals surface area (Å²) in [7, 11) is 0. The van der Waals surface area contributed by atoms with Gasteiger partial charge in [0, 0.05) is 0 Å². The van der Waals surface area contributed by atoms with E-state index in [9.17, 15) is 9.59 Å². The zero-order valence-corrected chi connectivity index (χ0v) is 26.3. The largest absolute Gasteiger partial charge is 0.321 e. The minimum Gasteiger partial charge on any atom is -0.271 e. The van der Waals surface area contributed by atoms with Crippen molar-refractivity contribution in [2.75, 3.05) is 0 Å². The molecule has 1 aromatic heterocycles. The molecule has 0 saturated heterocycles. The normalized spacial score (nSPS) is 12.6. The number of allylic oxidation sites excluding steroid dienone is 4. The molecule has 0 amide bonds. The Hall–Kier alpha value is -6.26. The van der Waals surface area contributed by atoms with Gasteiger partial charge in [-0.15, -0.1) is 0 Å². The van der Waals surface area contributed by atoms with Gasteiger partial charge < -0.3 is 0 Å². The summed E-state index contributed by atoms with van der Waals surface area (Å²) in [6, 6.07) is 50.3. The number of benzene rings is 6. The number of fused-ring (bicyclic) bond motifs is 1. The van der Waals surface area contributed by atoms with E-state index in [-0.39, 0.29) is 0 Å². The molecule has 0 unspecified atom stereocenters. The predicted octanol–water partition coefficient (Wildman–Crippen LogP) is 9.88. The average Bonchev–Trinajstić information content (AvgIpc) is 3.16. The number of nitrogens with zero attached hydrogens (tertiary/aromatic N) is 2. The lowest BCUT2D eigenvalue weighted by Crippen LogP contribution is -2.40. The van der Waals surface area contributed by atoms with Crippen molar-refractivity contribution in [2.24, 2.45) is 0 Å². The fourth-order valence-electron chi connectivity index (χ4n) is 6.63. The van der Waals surface area contributed by atoms with Crippen LogP contribution < -0.4 is 11.1 Å². The van der Waals surface area contributed by atoms with Crippen molar-refractivity contribution in [3.63, 3.8) is 0 Å². The molecule has 230 valence electrons. The number of rotatable bonds is 6. The van der Waals surface area contributed by atoms with E-state index in [1.54, 1.807) is 9.13 Å². The summed E-state index contributed by atoms with van der Waals surface area (Å²) < 4.78 is 3.15. The zero-order chi connectivity index (χ0) is 32.5. The molecular formula is C44H32N2O2. The monoisotopic (exact) mass is 620 g/mol. The maximum absolute atomic E-state index is 14.4. The summed E-state index contributed by atoms with van der Waals surface area (Å²) in [5.41, 5.74) is 9.47. The Labute approximate surface area is 278 Å². The molecule has 0 saturated carbocycles. The van der Waals surface area contributed by atoms with Crippen LogP contribution in [0.3, 0.4) is 0 Å².